The summed E-state index contributed by atoms with van der Waals surface area (Å²) in [6.07, 6.45) is -1.69. The van der Waals surface area contributed by atoms with Gasteiger partial charge in [0.1, 0.15) is 10.8 Å². The molecule has 3 rings (SSSR count). The van der Waals surface area contributed by atoms with E-state index >= 15 is 0 Å². The fourth-order valence-electron chi connectivity index (χ4n) is 2.72. The molecule has 1 aliphatic rings. The number of piperidine rings is 1. The second-order valence-electron chi connectivity index (χ2n) is 6.83. The monoisotopic (exact) mass is 437 g/mol. The molecule has 1 aromatic heterocycles. The van der Waals surface area contributed by atoms with Gasteiger partial charge in [0, 0.05) is 30.8 Å². The second-order valence-corrected chi connectivity index (χ2v) is 8.65. The van der Waals surface area contributed by atoms with Crippen molar-refractivity contribution in [1.29, 1.82) is 0 Å². The van der Waals surface area contributed by atoms with E-state index in [0.717, 1.165) is 24.6 Å². The van der Waals surface area contributed by atoms with Crippen molar-refractivity contribution >= 4 is 40.8 Å². The van der Waals surface area contributed by atoms with Crippen molar-refractivity contribution in [3.8, 4) is 0 Å². The van der Waals surface area contributed by atoms with E-state index in [9.17, 15) is 13.2 Å². The third kappa shape index (κ3) is 4.80. The zero-order chi connectivity index (χ0) is 19.8. The van der Waals surface area contributed by atoms with Gasteiger partial charge in [-0.15, -0.1) is 0 Å². The molecular weight excluding hydrogens is 420 g/mol. The van der Waals surface area contributed by atoms with Crippen LogP contribution in [0.3, 0.4) is 0 Å². The maximum atomic E-state index is 13.6. The molecule has 1 aliphatic heterocycles. The normalized spacial score (nSPS) is 17.2. The molecule has 10 heteroatoms. The van der Waals surface area contributed by atoms with Gasteiger partial charge in [-0.05, 0) is 19.1 Å². The zero-order valence-corrected chi connectivity index (χ0v) is 16.8. The van der Waals surface area contributed by atoms with Gasteiger partial charge in [-0.2, -0.15) is 13.2 Å². The number of anilines is 1. The number of quaternary nitrogens is 1. The van der Waals surface area contributed by atoms with Crippen LogP contribution in [-0.4, -0.2) is 28.6 Å². The van der Waals surface area contributed by atoms with Crippen molar-refractivity contribution < 1.29 is 18.9 Å². The second kappa shape index (κ2) is 7.66. The van der Waals surface area contributed by atoms with Crippen LogP contribution in [0.1, 0.15) is 25.5 Å². The summed E-state index contributed by atoms with van der Waals surface area (Å²) in [5.41, 5.74) is 3.04. The lowest BCUT2D eigenvalue weighted by atomic mass is 9.91. The molecule has 0 bridgehead atoms. The molecule has 1 fully saturated rings. The highest BCUT2D eigenvalue weighted by Crippen LogP contribution is 2.41. The lowest BCUT2D eigenvalue weighted by Gasteiger charge is -2.35. The van der Waals surface area contributed by atoms with Crippen molar-refractivity contribution in [2.24, 2.45) is 0 Å². The highest BCUT2D eigenvalue weighted by atomic mass is 35.5. The Morgan fingerprint density at radius 2 is 1.89 bits per heavy atom. The van der Waals surface area contributed by atoms with E-state index < -0.39 is 11.9 Å². The highest BCUT2D eigenvalue weighted by molar-refractivity contribution is 7.99. The first kappa shape index (κ1) is 20.5. The first-order chi connectivity index (χ1) is 12.6. The lowest BCUT2D eigenvalue weighted by Crippen LogP contribution is -2.73. The Morgan fingerprint density at radius 3 is 2.52 bits per heavy atom. The number of rotatable bonds is 3. The molecule has 1 saturated heterocycles. The van der Waals surface area contributed by atoms with E-state index in [4.69, 9.17) is 23.2 Å². The smallest absolute Gasteiger partial charge is 0.355 e. The maximum absolute atomic E-state index is 13.6. The van der Waals surface area contributed by atoms with E-state index in [1.165, 1.54) is 6.20 Å². The first-order valence-corrected chi connectivity index (χ1v) is 9.80. The number of hydrogen-bond acceptors (Lipinski definition) is 4. The summed E-state index contributed by atoms with van der Waals surface area (Å²) in [5, 5.41) is 0.202. The predicted molar refractivity (Wildman–Crippen MR) is 100 cm³/mol. The van der Waals surface area contributed by atoms with Crippen LogP contribution in [-0.2, 0) is 6.18 Å². The molecule has 0 unspecified atom stereocenters. The quantitative estimate of drug-likeness (QED) is 0.764. The van der Waals surface area contributed by atoms with Crippen LogP contribution >= 0.6 is 35.0 Å². The molecule has 1 aromatic carbocycles. The Bertz CT molecular complexity index is 835. The first-order valence-electron chi connectivity index (χ1n) is 8.23. The van der Waals surface area contributed by atoms with Crippen molar-refractivity contribution in [1.82, 2.24) is 9.97 Å². The average Bonchev–Trinajstić information content (AvgIpc) is 2.58. The van der Waals surface area contributed by atoms with Crippen molar-refractivity contribution in [2.45, 2.75) is 41.4 Å². The minimum atomic E-state index is -4.63. The van der Waals surface area contributed by atoms with Crippen molar-refractivity contribution in [3.05, 3.63) is 40.1 Å². The van der Waals surface area contributed by atoms with E-state index in [1.54, 1.807) is 18.2 Å². The van der Waals surface area contributed by atoms with Gasteiger partial charge in [0.2, 0.25) is 0 Å². The molecule has 146 valence electrons. The summed E-state index contributed by atoms with van der Waals surface area (Å²) in [7, 11) is 0. The van der Waals surface area contributed by atoms with Gasteiger partial charge in [-0.25, -0.2) is 9.97 Å². The van der Waals surface area contributed by atoms with E-state index in [0.29, 0.717) is 18.0 Å². The number of halogens is 5. The Kier molecular flexibility index (Phi) is 5.82. The third-order valence-corrected chi connectivity index (χ3v) is 6.40. The maximum Gasteiger partial charge on any atom is 0.436 e. The van der Waals surface area contributed by atoms with Gasteiger partial charge >= 0.3 is 6.18 Å². The molecule has 2 aromatic rings. The zero-order valence-electron chi connectivity index (χ0n) is 14.5. The van der Waals surface area contributed by atoms with Crippen molar-refractivity contribution in [2.75, 3.05) is 18.0 Å². The van der Waals surface area contributed by atoms with E-state index in [-0.39, 0.29) is 26.4 Å². The van der Waals surface area contributed by atoms with Gasteiger partial charge in [-0.1, -0.05) is 41.0 Å². The summed E-state index contributed by atoms with van der Waals surface area (Å²) in [6, 6.07) is 4.78. The summed E-state index contributed by atoms with van der Waals surface area (Å²) < 4.78 is 40.8. The Hall–Kier alpha value is -1.22. The lowest BCUT2D eigenvalue weighted by molar-refractivity contribution is -0.475. The number of aromatic nitrogens is 2. The Morgan fingerprint density at radius 1 is 1.22 bits per heavy atom. The highest BCUT2D eigenvalue weighted by Gasteiger charge is 2.38. The SMILES string of the molecule is CC1([NH3+])CCN(c2cnc(Sc3cccc(Cl)c3Cl)c(C(F)(F)F)n2)CC1. The van der Waals surface area contributed by atoms with Gasteiger partial charge in [-0.3, -0.25) is 0 Å². The van der Waals surface area contributed by atoms with Gasteiger partial charge < -0.3 is 10.6 Å². The molecule has 4 nitrogen and oxygen atoms in total. The molecule has 2 heterocycles. The predicted octanol–water partition coefficient (Wildman–Crippen LogP) is 4.55. The minimum Gasteiger partial charge on any atom is -0.355 e. The van der Waals surface area contributed by atoms with Crippen LogP contribution in [0.5, 0.6) is 0 Å². The molecule has 0 saturated carbocycles. The number of alkyl halides is 3. The Balaban J connectivity index is 1.92. The minimum absolute atomic E-state index is 0.0596. The summed E-state index contributed by atoms with van der Waals surface area (Å²) in [5.74, 6) is 0.222. The van der Waals surface area contributed by atoms with E-state index in [2.05, 4.69) is 15.7 Å². The fraction of sp³-hybridized carbons (Fsp3) is 0.412. The number of hydrogen-bond donors (Lipinski definition) is 1. The van der Waals surface area contributed by atoms with Crippen LogP contribution < -0.4 is 10.6 Å². The van der Waals surface area contributed by atoms with Gasteiger partial charge in [0.05, 0.1) is 21.8 Å². The number of benzene rings is 1. The number of nitrogens with zero attached hydrogens (tertiary/aromatic N) is 3. The van der Waals surface area contributed by atoms with Gasteiger partial charge in [0.25, 0.3) is 0 Å². The third-order valence-electron chi connectivity index (χ3n) is 4.41. The summed E-state index contributed by atoms with van der Waals surface area (Å²) >= 11 is 12.8. The molecular formula is C17H18Cl2F3N4S+. The Labute approximate surface area is 169 Å². The summed E-state index contributed by atoms with van der Waals surface area (Å²) in [6.45, 7) is 3.24. The topological polar surface area (TPSA) is 56.7 Å². The standard InChI is InChI=1S/C17H17Cl2F3N4S/c1-16(23)5-7-26(8-6-16)12-9-24-15(14(25-12)17(20,21)22)27-11-4-2-3-10(18)13(11)19/h2-4,9H,5-8,23H2,1H3/p+1. The van der Waals surface area contributed by atoms with Crippen LogP contribution in [0.25, 0.3) is 0 Å². The van der Waals surface area contributed by atoms with E-state index in [1.807, 2.05) is 11.8 Å². The molecule has 0 atom stereocenters. The molecule has 3 N–H and O–H groups in total. The van der Waals surface area contributed by atoms with Crippen LogP contribution in [0.15, 0.2) is 34.3 Å². The van der Waals surface area contributed by atoms with Gasteiger partial charge in [0.15, 0.2) is 5.69 Å². The summed E-state index contributed by atoms with van der Waals surface area (Å²) in [4.78, 5) is 10.1. The van der Waals surface area contributed by atoms with Crippen LogP contribution in [0.2, 0.25) is 10.0 Å². The molecule has 0 radical (unpaired) electrons. The fourth-order valence-corrected chi connectivity index (χ4v) is 4.11. The molecule has 0 aliphatic carbocycles. The van der Waals surface area contributed by atoms with Crippen LogP contribution in [0.4, 0.5) is 19.0 Å². The largest absolute Gasteiger partial charge is 0.436 e. The molecule has 0 amide bonds. The average molecular weight is 438 g/mol. The molecule has 0 spiro atoms. The van der Waals surface area contributed by atoms with Crippen LogP contribution in [0, 0.1) is 0 Å². The van der Waals surface area contributed by atoms with Crippen molar-refractivity contribution in [3.63, 3.8) is 0 Å². The molecule has 27 heavy (non-hydrogen) atoms.